The van der Waals surface area contributed by atoms with Crippen LogP contribution in [0, 0.1) is 0 Å². The third kappa shape index (κ3) is 5.29. The van der Waals surface area contributed by atoms with Crippen molar-refractivity contribution < 1.29 is 9.59 Å². The number of hydrogen-bond acceptors (Lipinski definition) is 4. The zero-order chi connectivity index (χ0) is 13.4. The minimum atomic E-state index is 0.587. The molecular weight excluding hydrogens is 364 g/mol. The summed E-state index contributed by atoms with van der Waals surface area (Å²) < 4.78 is 1.51. The summed E-state index contributed by atoms with van der Waals surface area (Å²) in [6, 6.07) is 5.02. The summed E-state index contributed by atoms with van der Waals surface area (Å²) in [4.78, 5) is 27.8. The van der Waals surface area contributed by atoms with Crippen LogP contribution in [0.4, 0.5) is 0 Å². The van der Waals surface area contributed by atoms with Gasteiger partial charge >= 0.3 is 0 Å². The summed E-state index contributed by atoms with van der Waals surface area (Å²) in [5, 5.41) is 0. The van der Waals surface area contributed by atoms with E-state index in [-0.39, 0.29) is 0 Å². The summed E-state index contributed by atoms with van der Waals surface area (Å²) in [6.07, 6.45) is 6.27. The summed E-state index contributed by atoms with van der Waals surface area (Å²) in [6.45, 7) is 0. The van der Waals surface area contributed by atoms with Crippen molar-refractivity contribution in [3.05, 3.63) is 57.0 Å². The van der Waals surface area contributed by atoms with Crippen LogP contribution in [0.2, 0.25) is 0 Å². The third-order valence-corrected chi connectivity index (χ3v) is 2.62. The van der Waals surface area contributed by atoms with Gasteiger partial charge < -0.3 is 0 Å². The maximum absolute atomic E-state index is 10.1. The number of hydrogen-bond donors (Lipinski definition) is 0. The van der Waals surface area contributed by atoms with Crippen LogP contribution in [-0.2, 0) is 0 Å². The van der Waals surface area contributed by atoms with Crippen LogP contribution in [0.15, 0.2) is 45.9 Å². The quantitative estimate of drug-likeness (QED) is 0.600. The van der Waals surface area contributed by atoms with Crippen molar-refractivity contribution in [2.75, 3.05) is 0 Å². The van der Waals surface area contributed by atoms with Gasteiger partial charge in [0.1, 0.15) is 10.9 Å². The number of aromatic nitrogens is 2. The van der Waals surface area contributed by atoms with E-state index < -0.39 is 0 Å². The molecule has 2 aromatic heterocycles. The first kappa shape index (κ1) is 14.7. The number of carbonyl (C=O) groups excluding carboxylic acids is 2. The molecule has 0 atom stereocenters. The summed E-state index contributed by atoms with van der Waals surface area (Å²) in [5.41, 5.74) is 1.22. The monoisotopic (exact) mass is 370 g/mol. The second kappa shape index (κ2) is 7.84. The van der Waals surface area contributed by atoms with Crippen molar-refractivity contribution in [2.45, 2.75) is 0 Å². The molecule has 0 radical (unpaired) electrons. The molecule has 0 amide bonds. The van der Waals surface area contributed by atoms with E-state index in [1.165, 1.54) is 6.20 Å². The molecule has 18 heavy (non-hydrogen) atoms. The fraction of sp³-hybridized carbons (Fsp3) is 0. The number of pyridine rings is 2. The van der Waals surface area contributed by atoms with Crippen LogP contribution in [0.5, 0.6) is 0 Å². The molecule has 0 spiro atoms. The SMILES string of the molecule is O=Cc1ccnc(Br)c1.O=Cc1cncc(Br)c1. The first-order valence-corrected chi connectivity index (χ1v) is 6.36. The average molecular weight is 372 g/mol. The maximum Gasteiger partial charge on any atom is 0.151 e. The van der Waals surface area contributed by atoms with Crippen molar-refractivity contribution in [3.8, 4) is 0 Å². The van der Waals surface area contributed by atoms with Gasteiger partial charge in [-0.2, -0.15) is 0 Å². The molecule has 0 aliphatic heterocycles. The van der Waals surface area contributed by atoms with E-state index >= 15 is 0 Å². The number of carbonyl (C=O) groups is 2. The first-order valence-electron chi connectivity index (χ1n) is 4.78. The molecule has 0 bridgehead atoms. The van der Waals surface area contributed by atoms with Gasteiger partial charge in [0.05, 0.1) is 0 Å². The summed E-state index contributed by atoms with van der Waals surface area (Å²) >= 11 is 6.31. The Balaban J connectivity index is 0.000000180. The van der Waals surface area contributed by atoms with Gasteiger partial charge in [-0.3, -0.25) is 14.6 Å². The molecule has 0 aliphatic carbocycles. The molecule has 0 saturated heterocycles. The summed E-state index contributed by atoms with van der Waals surface area (Å²) in [5.74, 6) is 0. The number of nitrogens with zero attached hydrogens (tertiary/aromatic N) is 2. The molecular formula is C12H8Br2N2O2. The normalized spacial score (nSPS) is 9.00. The Kier molecular flexibility index (Phi) is 6.38. The fourth-order valence-electron chi connectivity index (χ4n) is 0.983. The van der Waals surface area contributed by atoms with Crippen LogP contribution < -0.4 is 0 Å². The van der Waals surface area contributed by atoms with Gasteiger partial charge in [0.2, 0.25) is 0 Å². The maximum atomic E-state index is 10.1. The van der Waals surface area contributed by atoms with Gasteiger partial charge in [-0.05, 0) is 50.1 Å². The van der Waals surface area contributed by atoms with Crippen molar-refractivity contribution >= 4 is 44.4 Å². The van der Waals surface area contributed by atoms with Crippen LogP contribution in [0.1, 0.15) is 20.7 Å². The lowest BCUT2D eigenvalue weighted by atomic mass is 10.3. The van der Waals surface area contributed by atoms with Crippen LogP contribution >= 0.6 is 31.9 Å². The average Bonchev–Trinajstić information content (AvgIpc) is 2.39. The van der Waals surface area contributed by atoms with E-state index in [2.05, 4.69) is 41.8 Å². The molecule has 0 aromatic carbocycles. The lowest BCUT2D eigenvalue weighted by Gasteiger charge is -1.87. The summed E-state index contributed by atoms with van der Waals surface area (Å²) in [7, 11) is 0. The van der Waals surface area contributed by atoms with Gasteiger partial charge in [-0.25, -0.2) is 4.98 Å². The van der Waals surface area contributed by atoms with Gasteiger partial charge in [0.25, 0.3) is 0 Å². The van der Waals surface area contributed by atoms with Gasteiger partial charge in [0, 0.05) is 34.2 Å². The predicted molar refractivity (Wildman–Crippen MR) is 74.6 cm³/mol. The van der Waals surface area contributed by atoms with Crippen LogP contribution in [0.3, 0.4) is 0 Å². The van der Waals surface area contributed by atoms with E-state index in [0.29, 0.717) is 15.7 Å². The Morgan fingerprint density at radius 1 is 1.00 bits per heavy atom. The zero-order valence-corrected chi connectivity index (χ0v) is 12.3. The van der Waals surface area contributed by atoms with Crippen molar-refractivity contribution in [1.29, 1.82) is 0 Å². The molecule has 0 fully saturated rings. The Morgan fingerprint density at radius 3 is 2.17 bits per heavy atom. The smallest absolute Gasteiger partial charge is 0.151 e. The molecule has 6 heteroatoms. The highest BCUT2D eigenvalue weighted by Crippen LogP contribution is 2.07. The van der Waals surface area contributed by atoms with E-state index in [0.717, 1.165) is 17.0 Å². The molecule has 0 saturated carbocycles. The Morgan fingerprint density at radius 2 is 1.72 bits per heavy atom. The van der Waals surface area contributed by atoms with Gasteiger partial charge in [-0.1, -0.05) is 0 Å². The molecule has 2 aromatic rings. The molecule has 0 N–H and O–H groups in total. The van der Waals surface area contributed by atoms with Crippen molar-refractivity contribution in [3.63, 3.8) is 0 Å². The Hall–Kier alpha value is -1.40. The van der Waals surface area contributed by atoms with E-state index in [4.69, 9.17) is 0 Å². The Labute approximate surface area is 121 Å². The van der Waals surface area contributed by atoms with Gasteiger partial charge in [0.15, 0.2) is 6.29 Å². The zero-order valence-electron chi connectivity index (χ0n) is 9.09. The van der Waals surface area contributed by atoms with Crippen molar-refractivity contribution in [2.24, 2.45) is 0 Å². The van der Waals surface area contributed by atoms with Crippen LogP contribution in [-0.4, -0.2) is 22.5 Å². The molecule has 0 aliphatic rings. The van der Waals surface area contributed by atoms with E-state index in [9.17, 15) is 9.59 Å². The van der Waals surface area contributed by atoms with Crippen molar-refractivity contribution in [1.82, 2.24) is 9.97 Å². The topological polar surface area (TPSA) is 59.9 Å². The first-order chi connectivity index (χ1) is 8.65. The molecule has 2 rings (SSSR count). The highest BCUT2D eigenvalue weighted by atomic mass is 79.9. The molecule has 0 unspecified atom stereocenters. The second-order valence-corrected chi connectivity index (χ2v) is 4.81. The lowest BCUT2D eigenvalue weighted by Crippen LogP contribution is -1.79. The molecule has 2 heterocycles. The minimum Gasteiger partial charge on any atom is -0.298 e. The minimum absolute atomic E-state index is 0.587. The number of aldehydes is 2. The lowest BCUT2D eigenvalue weighted by molar-refractivity contribution is 0.111. The highest BCUT2D eigenvalue weighted by molar-refractivity contribution is 9.10. The Bertz CT molecular complexity index is 498. The van der Waals surface area contributed by atoms with Crippen LogP contribution in [0.25, 0.3) is 0 Å². The fourth-order valence-corrected chi connectivity index (χ4v) is 1.75. The molecule has 4 nitrogen and oxygen atoms in total. The van der Waals surface area contributed by atoms with Gasteiger partial charge in [-0.15, -0.1) is 0 Å². The standard InChI is InChI=1S/2C6H4BrNO/c7-6-1-5(4-9)2-8-3-6;7-6-3-5(4-9)1-2-8-6/h2*1-4H. The van der Waals surface area contributed by atoms with E-state index in [1.54, 1.807) is 30.6 Å². The highest BCUT2D eigenvalue weighted by Gasteiger charge is 1.89. The number of halogens is 2. The van der Waals surface area contributed by atoms with E-state index in [1.807, 2.05) is 0 Å². The molecule has 92 valence electrons. The second-order valence-electron chi connectivity index (χ2n) is 3.08. The third-order valence-electron chi connectivity index (χ3n) is 1.75. The largest absolute Gasteiger partial charge is 0.298 e. The number of rotatable bonds is 2. The predicted octanol–water partition coefficient (Wildman–Crippen LogP) is 3.31.